The van der Waals surface area contributed by atoms with Gasteiger partial charge in [-0.25, -0.2) is 9.31 Å². The number of nitrogens with zero attached hydrogens (tertiary/aromatic N) is 2. The second-order valence-electron chi connectivity index (χ2n) is 3.12. The molecule has 2 heterocycles. The molecule has 0 saturated carbocycles. The summed E-state index contributed by atoms with van der Waals surface area (Å²) in [6.45, 7) is 2.01. The van der Waals surface area contributed by atoms with Gasteiger partial charge in [-0.1, -0.05) is 0 Å². The molecule has 0 aliphatic carbocycles. The van der Waals surface area contributed by atoms with E-state index in [4.69, 9.17) is 4.74 Å². The van der Waals surface area contributed by atoms with Crippen molar-refractivity contribution in [3.8, 4) is 5.75 Å². The van der Waals surface area contributed by atoms with Gasteiger partial charge in [0.25, 0.3) is 0 Å². The summed E-state index contributed by atoms with van der Waals surface area (Å²) in [6, 6.07) is 1.50. The minimum absolute atomic E-state index is 0.0186. The molecule has 0 unspecified atom stereocenters. The maximum Gasteiger partial charge on any atom is 0.342 e. The molecule has 0 saturated heterocycles. The van der Waals surface area contributed by atoms with Crippen LogP contribution >= 0.6 is 15.9 Å². The smallest absolute Gasteiger partial charge is 0.342 e. The Morgan fingerprint density at radius 2 is 2.44 bits per heavy atom. The predicted octanol–water partition coefficient (Wildman–Crippen LogP) is 1.98. The highest BCUT2D eigenvalue weighted by Crippen LogP contribution is 2.26. The molecule has 0 fully saturated rings. The highest BCUT2D eigenvalue weighted by molar-refractivity contribution is 9.10. The van der Waals surface area contributed by atoms with Gasteiger partial charge in [-0.3, -0.25) is 0 Å². The number of hydrogen-bond donors (Lipinski definition) is 1. The van der Waals surface area contributed by atoms with Crippen molar-refractivity contribution in [3.63, 3.8) is 0 Å². The van der Waals surface area contributed by atoms with Crippen molar-refractivity contribution >= 4 is 27.4 Å². The minimum atomic E-state index is -0.491. The molecule has 1 N–H and O–H groups in total. The Morgan fingerprint density at radius 1 is 1.69 bits per heavy atom. The van der Waals surface area contributed by atoms with Crippen molar-refractivity contribution in [3.05, 3.63) is 28.5 Å². The van der Waals surface area contributed by atoms with Crippen molar-refractivity contribution < 1.29 is 14.6 Å². The molecule has 2 aromatic rings. The zero-order valence-electron chi connectivity index (χ0n) is 8.48. The van der Waals surface area contributed by atoms with E-state index in [-0.39, 0.29) is 17.9 Å². The number of rotatable bonds is 2. The summed E-state index contributed by atoms with van der Waals surface area (Å²) in [4.78, 5) is 11.6. The van der Waals surface area contributed by atoms with E-state index in [0.717, 1.165) is 0 Å². The average Bonchev–Trinajstić information content (AvgIpc) is 2.61. The maximum atomic E-state index is 11.6. The molecule has 5 nitrogen and oxygen atoms in total. The van der Waals surface area contributed by atoms with Crippen molar-refractivity contribution in [2.24, 2.45) is 0 Å². The van der Waals surface area contributed by atoms with Gasteiger partial charge in [0.05, 0.1) is 12.8 Å². The zero-order valence-corrected chi connectivity index (χ0v) is 10.1. The Kier molecular flexibility index (Phi) is 2.82. The van der Waals surface area contributed by atoms with E-state index in [1.807, 2.05) is 0 Å². The van der Waals surface area contributed by atoms with Gasteiger partial charge >= 0.3 is 5.97 Å². The number of aromatic hydroxyl groups is 1. The van der Waals surface area contributed by atoms with E-state index in [2.05, 4.69) is 21.0 Å². The molecule has 84 valence electrons. The SMILES string of the molecule is CCOC(=O)c1cnn2cc(Br)cc(O)c12. The van der Waals surface area contributed by atoms with E-state index in [1.54, 1.807) is 13.1 Å². The van der Waals surface area contributed by atoms with Gasteiger partial charge in [-0.15, -0.1) is 0 Å². The van der Waals surface area contributed by atoms with Gasteiger partial charge in [0.2, 0.25) is 0 Å². The first-order valence-corrected chi connectivity index (χ1v) is 5.45. The Bertz CT molecular complexity index is 550. The van der Waals surface area contributed by atoms with Crippen LogP contribution in [0.4, 0.5) is 0 Å². The van der Waals surface area contributed by atoms with E-state index >= 15 is 0 Å². The molecule has 16 heavy (non-hydrogen) atoms. The third kappa shape index (κ3) is 1.76. The van der Waals surface area contributed by atoms with E-state index in [9.17, 15) is 9.90 Å². The lowest BCUT2D eigenvalue weighted by Crippen LogP contribution is -2.04. The van der Waals surface area contributed by atoms with Crippen LogP contribution in [0.5, 0.6) is 5.75 Å². The zero-order chi connectivity index (χ0) is 11.7. The molecular weight excluding hydrogens is 276 g/mol. The van der Waals surface area contributed by atoms with Gasteiger partial charge < -0.3 is 9.84 Å². The topological polar surface area (TPSA) is 63.8 Å². The molecular formula is C10H9BrN2O3. The number of pyridine rings is 1. The lowest BCUT2D eigenvalue weighted by atomic mass is 10.2. The Balaban J connectivity index is 2.60. The number of carbonyl (C=O) groups is 1. The van der Waals surface area contributed by atoms with Crippen molar-refractivity contribution in [2.45, 2.75) is 6.92 Å². The monoisotopic (exact) mass is 284 g/mol. The van der Waals surface area contributed by atoms with Gasteiger partial charge in [0.15, 0.2) is 0 Å². The summed E-state index contributed by atoms with van der Waals surface area (Å²) < 4.78 is 6.96. The summed E-state index contributed by atoms with van der Waals surface area (Å²) in [7, 11) is 0. The largest absolute Gasteiger partial charge is 0.506 e. The van der Waals surface area contributed by atoms with Crippen LogP contribution in [0.3, 0.4) is 0 Å². The van der Waals surface area contributed by atoms with Gasteiger partial charge in [0.1, 0.15) is 16.8 Å². The summed E-state index contributed by atoms with van der Waals surface area (Å²) in [5.41, 5.74) is 0.605. The van der Waals surface area contributed by atoms with Crippen molar-refractivity contribution in [2.75, 3.05) is 6.61 Å². The fourth-order valence-electron chi connectivity index (χ4n) is 1.43. The van der Waals surface area contributed by atoms with Crippen LogP contribution in [0.25, 0.3) is 5.52 Å². The predicted molar refractivity (Wildman–Crippen MR) is 60.5 cm³/mol. The van der Waals surface area contributed by atoms with Crippen LogP contribution in [0.2, 0.25) is 0 Å². The number of hydrogen-bond acceptors (Lipinski definition) is 4. The molecule has 2 aromatic heterocycles. The average molecular weight is 285 g/mol. The molecule has 0 spiro atoms. The van der Waals surface area contributed by atoms with Crippen LogP contribution in [-0.4, -0.2) is 27.3 Å². The Hall–Kier alpha value is -1.56. The summed E-state index contributed by atoms with van der Waals surface area (Å²) in [5, 5.41) is 13.7. The first-order chi connectivity index (χ1) is 7.63. The lowest BCUT2D eigenvalue weighted by Gasteiger charge is -2.02. The van der Waals surface area contributed by atoms with Crippen LogP contribution in [0.15, 0.2) is 22.9 Å². The van der Waals surface area contributed by atoms with E-state index in [1.165, 1.54) is 16.8 Å². The first kappa shape index (κ1) is 10.9. The maximum absolute atomic E-state index is 11.6. The van der Waals surface area contributed by atoms with Crippen LogP contribution in [0, 0.1) is 0 Å². The first-order valence-electron chi connectivity index (χ1n) is 4.66. The number of aromatic nitrogens is 2. The molecule has 6 heteroatoms. The van der Waals surface area contributed by atoms with Gasteiger partial charge in [-0.2, -0.15) is 5.10 Å². The van der Waals surface area contributed by atoms with Crippen LogP contribution < -0.4 is 0 Å². The van der Waals surface area contributed by atoms with E-state index in [0.29, 0.717) is 9.99 Å². The van der Waals surface area contributed by atoms with Gasteiger partial charge in [-0.05, 0) is 28.9 Å². The van der Waals surface area contributed by atoms with Crippen molar-refractivity contribution in [1.82, 2.24) is 9.61 Å². The molecule has 0 bridgehead atoms. The summed E-state index contributed by atoms with van der Waals surface area (Å²) >= 11 is 3.22. The fourth-order valence-corrected chi connectivity index (χ4v) is 1.84. The lowest BCUT2D eigenvalue weighted by molar-refractivity contribution is 0.0528. The van der Waals surface area contributed by atoms with Crippen LogP contribution in [-0.2, 0) is 4.74 Å². The number of ether oxygens (including phenoxy) is 1. The number of carbonyl (C=O) groups excluding carboxylic acids is 1. The molecule has 0 amide bonds. The number of fused-ring (bicyclic) bond motifs is 1. The molecule has 0 radical (unpaired) electrons. The quantitative estimate of drug-likeness (QED) is 0.857. The molecule has 0 atom stereocenters. The van der Waals surface area contributed by atoms with Crippen molar-refractivity contribution in [1.29, 1.82) is 0 Å². The fraction of sp³-hybridized carbons (Fsp3) is 0.200. The third-order valence-electron chi connectivity index (χ3n) is 2.05. The highest BCUT2D eigenvalue weighted by atomic mass is 79.9. The summed E-state index contributed by atoms with van der Waals surface area (Å²) in [5.74, 6) is -0.509. The van der Waals surface area contributed by atoms with Crippen LogP contribution in [0.1, 0.15) is 17.3 Å². The minimum Gasteiger partial charge on any atom is -0.506 e. The van der Waals surface area contributed by atoms with E-state index < -0.39 is 5.97 Å². The Labute approximate surface area is 99.8 Å². The second kappa shape index (κ2) is 4.13. The third-order valence-corrected chi connectivity index (χ3v) is 2.49. The normalized spacial score (nSPS) is 10.6. The second-order valence-corrected chi connectivity index (χ2v) is 4.03. The molecule has 2 rings (SSSR count). The molecule has 0 aliphatic rings. The van der Waals surface area contributed by atoms with Gasteiger partial charge in [0, 0.05) is 10.7 Å². The summed E-state index contributed by atoms with van der Waals surface area (Å²) in [6.07, 6.45) is 3.03. The Morgan fingerprint density at radius 3 is 3.12 bits per heavy atom. The highest BCUT2D eigenvalue weighted by Gasteiger charge is 2.17. The molecule has 0 aromatic carbocycles. The molecule has 0 aliphatic heterocycles. The standard InChI is InChI=1S/C10H9BrN2O3/c1-2-16-10(15)7-4-12-13-5-6(11)3-8(14)9(7)13/h3-5,14H,2H2,1H3. The number of halogens is 1. The number of esters is 1.